The lowest BCUT2D eigenvalue weighted by atomic mass is 10.0. The summed E-state index contributed by atoms with van der Waals surface area (Å²) in [5, 5.41) is 10.6. The first kappa shape index (κ1) is 17.5. The zero-order valence-electron chi connectivity index (χ0n) is 14.2. The van der Waals surface area contributed by atoms with E-state index in [1.54, 1.807) is 23.1 Å². The maximum atomic E-state index is 7.66. The van der Waals surface area contributed by atoms with Crippen LogP contribution in [0.15, 0.2) is 33.9 Å². The Kier molecular flexibility index (Phi) is 4.74. The molecule has 0 radical (unpaired) electrons. The van der Waals surface area contributed by atoms with Gasteiger partial charge in [-0.3, -0.25) is 5.41 Å². The number of nitrogens with one attached hydrogen (secondary N) is 1. The molecule has 3 N–H and O–H groups in total. The Hall–Kier alpha value is -1.87. The van der Waals surface area contributed by atoms with Gasteiger partial charge < -0.3 is 10.6 Å². The van der Waals surface area contributed by atoms with Crippen LogP contribution < -0.4 is 10.6 Å². The van der Waals surface area contributed by atoms with Crippen molar-refractivity contribution in [3.05, 3.63) is 40.1 Å². The third kappa shape index (κ3) is 3.25. The topological polar surface area (TPSA) is 81.2 Å². The molecule has 3 aromatic rings. The van der Waals surface area contributed by atoms with Crippen molar-refractivity contribution in [2.45, 2.75) is 23.7 Å². The average Bonchev–Trinajstić information content (AvgIpc) is 3.28. The Morgan fingerprint density at radius 1 is 1.38 bits per heavy atom. The molecule has 0 aliphatic carbocycles. The molecule has 1 unspecified atom stereocenters. The Morgan fingerprint density at radius 2 is 2.23 bits per heavy atom. The molecule has 0 fully saturated rings. The minimum atomic E-state index is 0.0678. The first-order chi connectivity index (χ1) is 12.5. The van der Waals surface area contributed by atoms with E-state index >= 15 is 0 Å². The number of nitrogens with two attached hydrogens (primary N) is 1. The van der Waals surface area contributed by atoms with Crippen LogP contribution >= 0.6 is 34.4 Å². The molecule has 0 spiro atoms. The van der Waals surface area contributed by atoms with Gasteiger partial charge in [0.15, 0.2) is 5.75 Å². The molecular weight excluding hydrogens is 386 g/mol. The summed E-state index contributed by atoms with van der Waals surface area (Å²) in [6, 6.07) is 8.08. The van der Waals surface area contributed by atoms with Gasteiger partial charge >= 0.3 is 0 Å². The Bertz CT molecular complexity index is 980. The molecule has 1 aliphatic heterocycles. The maximum Gasteiger partial charge on any atom is 0.169 e. The lowest BCUT2D eigenvalue weighted by Crippen LogP contribution is -2.20. The highest BCUT2D eigenvalue weighted by molar-refractivity contribution is 8.00. The summed E-state index contributed by atoms with van der Waals surface area (Å²) >= 11 is 4.77. The quantitative estimate of drug-likeness (QED) is 0.283. The molecule has 1 aromatic carbocycles. The van der Waals surface area contributed by atoms with Crippen LogP contribution in [0.3, 0.4) is 0 Å². The predicted octanol–water partition coefficient (Wildman–Crippen LogP) is 4.80. The number of hydrogen-bond donors (Lipinski definition) is 2. The molecule has 2 aromatic heterocycles. The number of benzene rings is 1. The fourth-order valence-electron chi connectivity index (χ4n) is 2.78. The van der Waals surface area contributed by atoms with Crippen LogP contribution in [0, 0.1) is 5.41 Å². The van der Waals surface area contributed by atoms with Crippen molar-refractivity contribution < 1.29 is 9.78 Å². The number of hydrogen-bond acceptors (Lipinski definition) is 7. The number of aromatic nitrogens is 1. The summed E-state index contributed by atoms with van der Waals surface area (Å²) in [6.07, 6.45) is 2.94. The van der Waals surface area contributed by atoms with E-state index in [1.807, 2.05) is 30.7 Å². The van der Waals surface area contributed by atoms with Crippen LogP contribution in [-0.2, 0) is 11.3 Å². The van der Waals surface area contributed by atoms with E-state index < -0.39 is 0 Å². The Morgan fingerprint density at radius 3 is 3.00 bits per heavy atom. The molecule has 5 nitrogen and oxygen atoms in total. The highest BCUT2D eigenvalue weighted by atomic mass is 32.2. The summed E-state index contributed by atoms with van der Waals surface area (Å²) in [5.41, 5.74) is 9.73. The molecule has 8 heteroatoms. The van der Waals surface area contributed by atoms with E-state index in [4.69, 9.17) is 25.9 Å². The number of nitrogen functional groups attached to an aromatic ring is 1. The van der Waals surface area contributed by atoms with Crippen LogP contribution in [0.5, 0.6) is 5.75 Å². The van der Waals surface area contributed by atoms with Crippen LogP contribution in [0.4, 0.5) is 0 Å². The van der Waals surface area contributed by atoms with Crippen LogP contribution in [0.1, 0.15) is 17.4 Å². The summed E-state index contributed by atoms with van der Waals surface area (Å²) in [6.45, 7) is 1.99. The number of thiazole rings is 1. The molecule has 4 rings (SSSR count). The van der Waals surface area contributed by atoms with Crippen molar-refractivity contribution in [1.29, 1.82) is 5.41 Å². The maximum absolute atomic E-state index is 7.66. The van der Waals surface area contributed by atoms with E-state index in [1.165, 1.54) is 11.3 Å². The lowest BCUT2D eigenvalue weighted by molar-refractivity contribution is -0.249. The van der Waals surface area contributed by atoms with Crippen molar-refractivity contribution in [1.82, 2.24) is 4.98 Å². The first-order valence-corrected chi connectivity index (χ1v) is 10.9. The van der Waals surface area contributed by atoms with Crippen molar-refractivity contribution in [3.8, 4) is 27.6 Å². The van der Waals surface area contributed by atoms with Crippen LogP contribution in [0.2, 0.25) is 0 Å². The van der Waals surface area contributed by atoms with E-state index in [0.717, 1.165) is 48.6 Å². The number of nitrogens with zero attached hydrogens (tertiary/aromatic N) is 1. The van der Waals surface area contributed by atoms with Gasteiger partial charge in [0.25, 0.3) is 0 Å². The molecule has 0 saturated heterocycles. The Labute approximate surface area is 163 Å². The van der Waals surface area contributed by atoms with E-state index in [9.17, 15) is 0 Å². The fourth-order valence-corrected chi connectivity index (χ4v) is 5.49. The first-order valence-electron chi connectivity index (χ1n) is 8.00. The van der Waals surface area contributed by atoms with Crippen molar-refractivity contribution in [2.75, 3.05) is 6.26 Å². The highest BCUT2D eigenvalue weighted by Crippen LogP contribution is 2.40. The summed E-state index contributed by atoms with van der Waals surface area (Å²) in [4.78, 5) is 16.2. The van der Waals surface area contributed by atoms with Crippen molar-refractivity contribution in [2.24, 2.45) is 5.73 Å². The minimum Gasteiger partial charge on any atom is -0.383 e. The zero-order chi connectivity index (χ0) is 18.3. The van der Waals surface area contributed by atoms with E-state index in [2.05, 4.69) is 12.1 Å². The van der Waals surface area contributed by atoms with Gasteiger partial charge in [-0.25, -0.2) is 4.98 Å². The van der Waals surface area contributed by atoms with Gasteiger partial charge in [-0.15, -0.1) is 34.4 Å². The van der Waals surface area contributed by atoms with Crippen molar-refractivity contribution in [3.63, 3.8) is 0 Å². The summed E-state index contributed by atoms with van der Waals surface area (Å²) in [5.74, 6) is 0.851. The SMILES string of the molecule is CSc1sc(C(=N)N)cc1-c1nc(-c2ccc3c(c2)OOC(C)C3)cs1. The van der Waals surface area contributed by atoms with Crippen molar-refractivity contribution >= 4 is 40.3 Å². The normalized spacial score (nSPS) is 16.2. The minimum absolute atomic E-state index is 0.0678. The molecular formula is C18H17N3O2S3. The van der Waals surface area contributed by atoms with Gasteiger partial charge in [0.1, 0.15) is 16.9 Å². The standard InChI is InChI=1S/C18H17N3O2S3/c1-9-5-11-4-3-10(6-14(11)23-22-9)13-8-25-17(21-13)12-7-15(16(19)20)26-18(12)24-2/h3-4,6-9H,5H2,1-2H3,(H3,19,20). The van der Waals surface area contributed by atoms with Gasteiger partial charge in [0, 0.05) is 28.5 Å². The second-order valence-corrected chi connectivity index (χ2v) is 8.97. The average molecular weight is 404 g/mol. The fraction of sp³-hybridized carbons (Fsp3) is 0.222. The smallest absolute Gasteiger partial charge is 0.169 e. The number of rotatable bonds is 4. The van der Waals surface area contributed by atoms with Gasteiger partial charge in [0.2, 0.25) is 0 Å². The molecule has 0 bridgehead atoms. The molecule has 1 aliphatic rings. The number of thiophene rings is 1. The summed E-state index contributed by atoms with van der Waals surface area (Å²) in [7, 11) is 0. The number of amidine groups is 1. The van der Waals surface area contributed by atoms with Crippen LogP contribution in [0.25, 0.3) is 21.8 Å². The second kappa shape index (κ2) is 7.03. The third-order valence-electron chi connectivity index (χ3n) is 4.06. The molecule has 3 heterocycles. The lowest BCUT2D eigenvalue weighted by Gasteiger charge is -2.21. The zero-order valence-corrected chi connectivity index (χ0v) is 16.7. The van der Waals surface area contributed by atoms with Gasteiger partial charge in [-0.1, -0.05) is 12.1 Å². The molecule has 26 heavy (non-hydrogen) atoms. The van der Waals surface area contributed by atoms with Gasteiger partial charge in [0.05, 0.1) is 14.8 Å². The van der Waals surface area contributed by atoms with Gasteiger partial charge in [-0.05, 0) is 25.3 Å². The number of thioether (sulfide) groups is 1. The molecule has 134 valence electrons. The molecule has 1 atom stereocenters. The van der Waals surface area contributed by atoms with E-state index in [-0.39, 0.29) is 11.9 Å². The third-order valence-corrected chi connectivity index (χ3v) is 7.24. The summed E-state index contributed by atoms with van der Waals surface area (Å²) < 4.78 is 1.12. The van der Waals surface area contributed by atoms with Gasteiger partial charge in [-0.2, -0.15) is 4.89 Å². The largest absolute Gasteiger partial charge is 0.383 e. The Balaban J connectivity index is 1.68. The van der Waals surface area contributed by atoms with E-state index in [0.29, 0.717) is 0 Å². The number of fused-ring (bicyclic) bond motifs is 1. The molecule has 0 saturated carbocycles. The second-order valence-electron chi connectivity index (χ2n) is 5.98. The van der Waals surface area contributed by atoms with Crippen LogP contribution in [-0.4, -0.2) is 23.2 Å². The highest BCUT2D eigenvalue weighted by Gasteiger charge is 2.20. The molecule has 0 amide bonds. The monoisotopic (exact) mass is 403 g/mol. The predicted molar refractivity (Wildman–Crippen MR) is 109 cm³/mol.